The van der Waals surface area contributed by atoms with Gasteiger partial charge >= 0.3 is 0 Å². The minimum atomic E-state index is -0.331. The molecule has 0 saturated heterocycles. The molecule has 0 aromatic heterocycles. The van der Waals surface area contributed by atoms with Crippen molar-refractivity contribution >= 4 is 23.4 Å². The van der Waals surface area contributed by atoms with Gasteiger partial charge in [0.1, 0.15) is 0 Å². The predicted octanol–water partition coefficient (Wildman–Crippen LogP) is 3.10. The SMILES string of the molecule is O=C(NCCNC(=O)c1ccccc1NC(=O)c1ccccc1)c1ccccc1. The Morgan fingerprint density at radius 2 is 1.03 bits per heavy atom. The van der Waals surface area contributed by atoms with Crippen LogP contribution in [0.1, 0.15) is 31.1 Å². The zero-order valence-corrected chi connectivity index (χ0v) is 15.7. The molecular weight excluding hydrogens is 366 g/mol. The molecule has 0 aliphatic carbocycles. The van der Waals surface area contributed by atoms with Gasteiger partial charge in [0.25, 0.3) is 17.7 Å². The van der Waals surface area contributed by atoms with Crippen LogP contribution in [-0.4, -0.2) is 30.8 Å². The number of hydrogen-bond donors (Lipinski definition) is 3. The van der Waals surface area contributed by atoms with Crippen LogP contribution in [0.25, 0.3) is 0 Å². The zero-order valence-electron chi connectivity index (χ0n) is 15.7. The molecule has 3 N–H and O–H groups in total. The third kappa shape index (κ3) is 5.52. The van der Waals surface area contributed by atoms with Crippen molar-refractivity contribution in [1.29, 1.82) is 0 Å². The first-order valence-electron chi connectivity index (χ1n) is 9.22. The van der Waals surface area contributed by atoms with E-state index in [0.29, 0.717) is 22.4 Å². The summed E-state index contributed by atoms with van der Waals surface area (Å²) < 4.78 is 0. The molecule has 0 saturated carbocycles. The van der Waals surface area contributed by atoms with E-state index in [9.17, 15) is 14.4 Å². The molecule has 0 fully saturated rings. The van der Waals surface area contributed by atoms with Crippen LogP contribution in [0.15, 0.2) is 84.9 Å². The summed E-state index contributed by atoms with van der Waals surface area (Å²) in [5.74, 6) is -0.820. The molecule has 29 heavy (non-hydrogen) atoms. The highest BCUT2D eigenvalue weighted by molar-refractivity contribution is 6.09. The van der Waals surface area contributed by atoms with Crippen LogP contribution in [0, 0.1) is 0 Å². The van der Waals surface area contributed by atoms with E-state index >= 15 is 0 Å². The molecule has 0 aliphatic rings. The lowest BCUT2D eigenvalue weighted by atomic mass is 10.1. The van der Waals surface area contributed by atoms with Crippen molar-refractivity contribution < 1.29 is 14.4 Å². The Morgan fingerprint density at radius 1 is 0.552 bits per heavy atom. The Kier molecular flexibility index (Phi) is 6.73. The average Bonchev–Trinajstić information content (AvgIpc) is 2.78. The highest BCUT2D eigenvalue weighted by atomic mass is 16.2. The van der Waals surface area contributed by atoms with Crippen LogP contribution < -0.4 is 16.0 Å². The summed E-state index contributed by atoms with van der Waals surface area (Å²) in [6.07, 6.45) is 0. The smallest absolute Gasteiger partial charge is 0.255 e. The third-order valence-electron chi connectivity index (χ3n) is 4.19. The number of anilines is 1. The summed E-state index contributed by atoms with van der Waals surface area (Å²) >= 11 is 0. The minimum absolute atomic E-state index is 0.199. The maximum Gasteiger partial charge on any atom is 0.255 e. The Bertz CT molecular complexity index is 989. The van der Waals surface area contributed by atoms with Crippen molar-refractivity contribution in [2.24, 2.45) is 0 Å². The van der Waals surface area contributed by atoms with Gasteiger partial charge in [-0.3, -0.25) is 14.4 Å². The van der Waals surface area contributed by atoms with Gasteiger partial charge in [0.05, 0.1) is 11.3 Å². The second kappa shape index (κ2) is 9.85. The van der Waals surface area contributed by atoms with Crippen LogP contribution in [0.4, 0.5) is 5.69 Å². The van der Waals surface area contributed by atoms with Crippen molar-refractivity contribution in [1.82, 2.24) is 10.6 Å². The van der Waals surface area contributed by atoms with Gasteiger partial charge in [0.15, 0.2) is 0 Å². The highest BCUT2D eigenvalue weighted by Crippen LogP contribution is 2.16. The van der Waals surface area contributed by atoms with Crippen molar-refractivity contribution in [3.05, 3.63) is 102 Å². The molecule has 3 aromatic carbocycles. The molecule has 0 aliphatic heterocycles. The molecule has 146 valence electrons. The van der Waals surface area contributed by atoms with E-state index in [1.807, 2.05) is 12.1 Å². The summed E-state index contributed by atoms with van der Waals surface area (Å²) in [7, 11) is 0. The molecule has 6 heteroatoms. The fourth-order valence-electron chi connectivity index (χ4n) is 2.71. The zero-order chi connectivity index (χ0) is 20.5. The average molecular weight is 387 g/mol. The van der Waals surface area contributed by atoms with Crippen LogP contribution in [-0.2, 0) is 0 Å². The predicted molar refractivity (Wildman–Crippen MR) is 112 cm³/mol. The van der Waals surface area contributed by atoms with E-state index < -0.39 is 0 Å². The van der Waals surface area contributed by atoms with Crippen molar-refractivity contribution in [2.75, 3.05) is 18.4 Å². The van der Waals surface area contributed by atoms with E-state index in [0.717, 1.165) is 0 Å². The normalized spacial score (nSPS) is 10.1. The van der Waals surface area contributed by atoms with Crippen molar-refractivity contribution in [3.63, 3.8) is 0 Å². The minimum Gasteiger partial charge on any atom is -0.350 e. The fourth-order valence-corrected chi connectivity index (χ4v) is 2.71. The lowest BCUT2D eigenvalue weighted by Crippen LogP contribution is -2.35. The number of nitrogens with one attached hydrogen (secondary N) is 3. The number of para-hydroxylation sites is 1. The van der Waals surface area contributed by atoms with E-state index in [4.69, 9.17) is 0 Å². The molecule has 0 radical (unpaired) electrons. The quantitative estimate of drug-likeness (QED) is 0.545. The van der Waals surface area contributed by atoms with E-state index in [2.05, 4.69) is 16.0 Å². The monoisotopic (exact) mass is 387 g/mol. The second-order valence-corrected chi connectivity index (χ2v) is 6.24. The number of carbonyl (C=O) groups excluding carboxylic acids is 3. The van der Waals surface area contributed by atoms with Gasteiger partial charge < -0.3 is 16.0 Å². The number of amides is 3. The topological polar surface area (TPSA) is 87.3 Å². The highest BCUT2D eigenvalue weighted by Gasteiger charge is 2.13. The lowest BCUT2D eigenvalue weighted by molar-refractivity contribution is 0.0927. The van der Waals surface area contributed by atoms with Gasteiger partial charge in [-0.15, -0.1) is 0 Å². The maximum absolute atomic E-state index is 12.5. The van der Waals surface area contributed by atoms with Crippen LogP contribution >= 0.6 is 0 Å². The first kappa shape index (κ1) is 19.8. The van der Waals surface area contributed by atoms with Gasteiger partial charge in [-0.2, -0.15) is 0 Å². The number of hydrogen-bond acceptors (Lipinski definition) is 3. The summed E-state index contributed by atoms with van der Waals surface area (Å²) in [5, 5.41) is 8.27. The number of rotatable bonds is 7. The molecule has 3 amide bonds. The second-order valence-electron chi connectivity index (χ2n) is 6.24. The van der Waals surface area contributed by atoms with E-state index in [1.165, 1.54) is 0 Å². The summed E-state index contributed by atoms with van der Waals surface area (Å²) in [5.41, 5.74) is 1.84. The molecule has 3 aromatic rings. The van der Waals surface area contributed by atoms with Crippen LogP contribution in [0.3, 0.4) is 0 Å². The van der Waals surface area contributed by atoms with Gasteiger partial charge in [-0.1, -0.05) is 48.5 Å². The fraction of sp³-hybridized carbons (Fsp3) is 0.0870. The molecule has 0 unspecified atom stereocenters. The summed E-state index contributed by atoms with van der Waals surface area (Å²) in [6.45, 7) is 0.552. The van der Waals surface area contributed by atoms with E-state index in [-0.39, 0.29) is 30.8 Å². The summed E-state index contributed by atoms with van der Waals surface area (Å²) in [6, 6.07) is 24.4. The first-order valence-corrected chi connectivity index (χ1v) is 9.22. The maximum atomic E-state index is 12.5. The van der Waals surface area contributed by atoms with Gasteiger partial charge in [-0.05, 0) is 36.4 Å². The first-order chi connectivity index (χ1) is 14.1. The largest absolute Gasteiger partial charge is 0.350 e. The van der Waals surface area contributed by atoms with E-state index in [1.54, 1.807) is 72.8 Å². The van der Waals surface area contributed by atoms with Crippen molar-refractivity contribution in [3.8, 4) is 0 Å². The van der Waals surface area contributed by atoms with Crippen LogP contribution in [0.5, 0.6) is 0 Å². The lowest BCUT2D eigenvalue weighted by Gasteiger charge is -2.12. The Hall–Kier alpha value is -3.93. The molecule has 0 spiro atoms. The Morgan fingerprint density at radius 3 is 1.66 bits per heavy atom. The van der Waals surface area contributed by atoms with Crippen molar-refractivity contribution in [2.45, 2.75) is 0 Å². The van der Waals surface area contributed by atoms with Crippen LogP contribution in [0.2, 0.25) is 0 Å². The van der Waals surface area contributed by atoms with Gasteiger partial charge in [-0.25, -0.2) is 0 Å². The molecule has 3 rings (SSSR count). The standard InChI is InChI=1S/C23H21N3O3/c27-21(17-9-3-1-4-10-17)24-15-16-25-23(29)19-13-7-8-14-20(19)26-22(28)18-11-5-2-6-12-18/h1-14H,15-16H2,(H,24,27)(H,25,29)(H,26,28). The summed E-state index contributed by atoms with van der Waals surface area (Å²) in [4.78, 5) is 36.9. The molecule has 6 nitrogen and oxygen atoms in total. The van der Waals surface area contributed by atoms with Gasteiger partial charge in [0, 0.05) is 24.2 Å². The third-order valence-corrected chi connectivity index (χ3v) is 4.19. The molecule has 0 atom stereocenters. The molecule has 0 heterocycles. The number of carbonyl (C=O) groups is 3. The Labute approximate surface area is 169 Å². The van der Waals surface area contributed by atoms with Gasteiger partial charge in [0.2, 0.25) is 0 Å². The molecule has 0 bridgehead atoms. The Balaban J connectivity index is 1.54. The number of benzene rings is 3. The molecular formula is C23H21N3O3.